The van der Waals surface area contributed by atoms with Crippen LogP contribution in [0.15, 0.2) is 22.5 Å². The van der Waals surface area contributed by atoms with Crippen molar-refractivity contribution in [2.75, 3.05) is 7.11 Å². The van der Waals surface area contributed by atoms with Crippen LogP contribution in [0.3, 0.4) is 0 Å². The first-order chi connectivity index (χ1) is 9.04. The van der Waals surface area contributed by atoms with Crippen molar-refractivity contribution in [2.24, 2.45) is 5.92 Å². The first-order valence-corrected chi connectivity index (χ1v) is 7.67. The molecule has 2 atom stereocenters. The minimum absolute atomic E-state index is 0.127. The maximum atomic E-state index is 10.1. The van der Waals surface area contributed by atoms with Crippen LogP contribution in [-0.2, 0) is 4.74 Å². The highest BCUT2D eigenvalue weighted by Crippen LogP contribution is 2.36. The summed E-state index contributed by atoms with van der Waals surface area (Å²) in [7, 11) is 1.74. The van der Waals surface area contributed by atoms with Gasteiger partial charge in [-0.25, -0.2) is 0 Å². The van der Waals surface area contributed by atoms with Gasteiger partial charge in [-0.3, -0.25) is 0 Å². The number of rotatable bonds is 3. The van der Waals surface area contributed by atoms with Crippen LogP contribution < -0.4 is 0 Å². The number of hydrogen-bond acceptors (Lipinski definition) is 2. The molecule has 2 heteroatoms. The number of aliphatic hydroxyl groups is 1. The number of allylic oxidation sites excluding steroid dienone is 1. The average Bonchev–Trinajstić information content (AvgIpc) is 2.46. The van der Waals surface area contributed by atoms with Gasteiger partial charge in [0, 0.05) is 13.0 Å². The Balaban J connectivity index is 0. The van der Waals surface area contributed by atoms with Crippen molar-refractivity contribution in [3.8, 4) is 0 Å². The van der Waals surface area contributed by atoms with Crippen molar-refractivity contribution in [1.29, 1.82) is 0 Å². The zero-order valence-corrected chi connectivity index (χ0v) is 14.4. The summed E-state index contributed by atoms with van der Waals surface area (Å²) in [5.41, 5.74) is 3.29. The quantitative estimate of drug-likeness (QED) is 0.717. The van der Waals surface area contributed by atoms with Crippen molar-refractivity contribution in [2.45, 2.75) is 74.3 Å². The number of hydrogen-bond donors (Lipinski definition) is 1. The lowest BCUT2D eigenvalue weighted by Crippen LogP contribution is -2.29. The molecule has 1 rings (SSSR count). The van der Waals surface area contributed by atoms with E-state index in [4.69, 9.17) is 4.74 Å². The Hall–Kier alpha value is -0.760. The van der Waals surface area contributed by atoms with Crippen LogP contribution in [0.2, 0.25) is 0 Å². The van der Waals surface area contributed by atoms with Crippen LogP contribution in [0.1, 0.15) is 68.2 Å². The largest absolute Gasteiger partial charge is 0.508 e. The zero-order valence-electron chi connectivity index (χ0n) is 14.4. The lowest BCUT2D eigenvalue weighted by atomic mass is 9.80. The Morgan fingerprint density at radius 2 is 1.58 bits per heavy atom. The molecule has 114 valence electrons. The second-order valence-corrected chi connectivity index (χ2v) is 4.38. The summed E-state index contributed by atoms with van der Waals surface area (Å²) in [6.07, 6.45) is 2.15. The highest BCUT2D eigenvalue weighted by atomic mass is 16.5. The number of ether oxygens (including phenoxy) is 1. The normalized spacial score (nSPS) is 22.4. The van der Waals surface area contributed by atoms with Gasteiger partial charge in [-0.15, -0.1) is 0 Å². The molecule has 0 aromatic rings. The second-order valence-electron chi connectivity index (χ2n) is 4.38. The van der Waals surface area contributed by atoms with Crippen LogP contribution in [-0.4, -0.2) is 18.3 Å². The van der Waals surface area contributed by atoms with Gasteiger partial charge in [0.1, 0.15) is 5.76 Å². The summed E-state index contributed by atoms with van der Waals surface area (Å²) in [4.78, 5) is 0. The predicted molar refractivity (Wildman–Crippen MR) is 85.6 cm³/mol. The van der Waals surface area contributed by atoms with Gasteiger partial charge >= 0.3 is 0 Å². The third kappa shape index (κ3) is 5.02. The molecule has 1 aliphatic rings. The summed E-state index contributed by atoms with van der Waals surface area (Å²) in [6, 6.07) is 0. The van der Waals surface area contributed by atoms with E-state index in [1.165, 1.54) is 0 Å². The second kappa shape index (κ2) is 11.1. The van der Waals surface area contributed by atoms with Gasteiger partial charge in [0.15, 0.2) is 0 Å². The standard InChI is InChI=1S/C13H22O2.2C2H6/c1-6-7-11-10(4)13(15-5)9(3)8(2)12(11)14;2*1-2/h10,13-14H,6-7H2,1-5H3;2*1-2H3. The topological polar surface area (TPSA) is 29.5 Å². The molecule has 0 spiro atoms. The molecule has 0 radical (unpaired) electrons. The Labute approximate surface area is 120 Å². The van der Waals surface area contributed by atoms with Crippen molar-refractivity contribution in [3.05, 3.63) is 22.5 Å². The van der Waals surface area contributed by atoms with Gasteiger partial charge in [-0.2, -0.15) is 0 Å². The maximum Gasteiger partial charge on any atom is 0.118 e. The SMILES string of the molecule is CC.CC.CCCC1=C(O)C(C)=C(C)C(OC)C1C. The summed E-state index contributed by atoms with van der Waals surface area (Å²) in [6.45, 7) is 16.3. The lowest BCUT2D eigenvalue weighted by molar-refractivity contribution is 0.0920. The van der Waals surface area contributed by atoms with Crippen LogP contribution in [0.5, 0.6) is 0 Å². The van der Waals surface area contributed by atoms with E-state index in [1.807, 2.05) is 41.5 Å². The highest BCUT2D eigenvalue weighted by molar-refractivity contribution is 5.40. The molecule has 0 saturated carbocycles. The van der Waals surface area contributed by atoms with E-state index >= 15 is 0 Å². The van der Waals surface area contributed by atoms with Crippen LogP contribution in [0.25, 0.3) is 0 Å². The van der Waals surface area contributed by atoms with E-state index in [9.17, 15) is 5.11 Å². The van der Waals surface area contributed by atoms with Crippen molar-refractivity contribution in [3.63, 3.8) is 0 Å². The molecule has 2 unspecified atom stereocenters. The first-order valence-electron chi connectivity index (χ1n) is 7.67. The fraction of sp³-hybridized carbons (Fsp3) is 0.765. The van der Waals surface area contributed by atoms with Crippen molar-refractivity contribution < 1.29 is 9.84 Å². The van der Waals surface area contributed by atoms with E-state index in [1.54, 1.807) is 7.11 Å². The molecule has 0 aromatic heterocycles. The minimum Gasteiger partial charge on any atom is -0.508 e. The molecule has 0 aromatic carbocycles. The van der Waals surface area contributed by atoms with Gasteiger partial charge in [0.25, 0.3) is 0 Å². The third-order valence-corrected chi connectivity index (χ3v) is 3.45. The van der Waals surface area contributed by atoms with Crippen LogP contribution >= 0.6 is 0 Å². The van der Waals surface area contributed by atoms with Crippen LogP contribution in [0.4, 0.5) is 0 Å². The van der Waals surface area contributed by atoms with E-state index in [0.717, 1.165) is 29.6 Å². The number of methoxy groups -OCH3 is 1. The molecule has 19 heavy (non-hydrogen) atoms. The zero-order chi connectivity index (χ0) is 15.6. The molecular weight excluding hydrogens is 236 g/mol. The summed E-state index contributed by atoms with van der Waals surface area (Å²) < 4.78 is 5.51. The minimum atomic E-state index is 0.127. The Morgan fingerprint density at radius 1 is 1.11 bits per heavy atom. The summed E-state index contributed by atoms with van der Waals surface area (Å²) >= 11 is 0. The molecule has 0 heterocycles. The Bertz CT molecular complexity index is 300. The number of aliphatic hydroxyl groups excluding tert-OH is 1. The van der Waals surface area contributed by atoms with Gasteiger partial charge in [0.2, 0.25) is 0 Å². The maximum absolute atomic E-state index is 10.1. The fourth-order valence-electron chi connectivity index (χ4n) is 2.41. The molecule has 0 fully saturated rings. The smallest absolute Gasteiger partial charge is 0.118 e. The van der Waals surface area contributed by atoms with Crippen LogP contribution in [0, 0.1) is 5.92 Å². The first kappa shape index (κ1) is 20.6. The summed E-state index contributed by atoms with van der Waals surface area (Å²) in [5.74, 6) is 0.786. The van der Waals surface area contributed by atoms with E-state index < -0.39 is 0 Å². The summed E-state index contributed by atoms with van der Waals surface area (Å²) in [5, 5.41) is 10.1. The Kier molecular flexibility index (Phi) is 12.0. The molecule has 0 amide bonds. The Morgan fingerprint density at radius 3 is 1.95 bits per heavy atom. The highest BCUT2D eigenvalue weighted by Gasteiger charge is 2.30. The van der Waals surface area contributed by atoms with Gasteiger partial charge in [0.05, 0.1) is 6.10 Å². The van der Waals surface area contributed by atoms with E-state index in [0.29, 0.717) is 11.7 Å². The average molecular weight is 270 g/mol. The molecule has 2 nitrogen and oxygen atoms in total. The monoisotopic (exact) mass is 270 g/mol. The molecular formula is C17H34O2. The molecule has 0 bridgehead atoms. The fourth-order valence-corrected chi connectivity index (χ4v) is 2.41. The molecule has 1 aliphatic carbocycles. The van der Waals surface area contributed by atoms with Gasteiger partial charge in [-0.05, 0) is 37.0 Å². The molecule has 0 aliphatic heterocycles. The van der Waals surface area contributed by atoms with Gasteiger partial charge in [-0.1, -0.05) is 48.0 Å². The van der Waals surface area contributed by atoms with E-state index in [-0.39, 0.29) is 6.10 Å². The van der Waals surface area contributed by atoms with Crippen molar-refractivity contribution >= 4 is 0 Å². The van der Waals surface area contributed by atoms with E-state index in [2.05, 4.69) is 13.8 Å². The third-order valence-electron chi connectivity index (χ3n) is 3.45. The molecule has 0 saturated heterocycles. The predicted octanol–water partition coefficient (Wildman–Crippen LogP) is 5.65. The van der Waals surface area contributed by atoms with Gasteiger partial charge < -0.3 is 9.84 Å². The molecule has 1 N–H and O–H groups in total. The lowest BCUT2D eigenvalue weighted by Gasteiger charge is -2.32. The van der Waals surface area contributed by atoms with Crippen molar-refractivity contribution in [1.82, 2.24) is 0 Å².